The Balaban J connectivity index is 1.12. The van der Waals surface area contributed by atoms with Crippen molar-refractivity contribution in [3.63, 3.8) is 0 Å². The second-order valence-electron chi connectivity index (χ2n) is 8.63. The molecule has 7 nitrogen and oxygen atoms in total. The number of thiophene rings is 1. The topological polar surface area (TPSA) is 72.3 Å². The zero-order valence-electron chi connectivity index (χ0n) is 19.3. The summed E-state index contributed by atoms with van der Waals surface area (Å²) >= 11 is 1.71. The summed E-state index contributed by atoms with van der Waals surface area (Å²) in [7, 11) is 1.61. The van der Waals surface area contributed by atoms with Crippen LogP contribution in [0.4, 0.5) is 0 Å². The van der Waals surface area contributed by atoms with Gasteiger partial charge in [0.2, 0.25) is 0 Å². The summed E-state index contributed by atoms with van der Waals surface area (Å²) in [5.74, 6) is 0.662. The lowest BCUT2D eigenvalue weighted by atomic mass is 10.0. The van der Waals surface area contributed by atoms with Gasteiger partial charge >= 0.3 is 0 Å². The second kappa shape index (κ2) is 10.5. The molecular weight excluding hydrogens is 446 g/mol. The summed E-state index contributed by atoms with van der Waals surface area (Å²) in [6.07, 6.45) is 5.85. The molecule has 0 amide bonds. The fraction of sp³-hybridized carbons (Fsp3) is 0.346. The normalized spacial score (nSPS) is 15.1. The molecule has 0 spiro atoms. The number of hydrogen-bond acceptors (Lipinski definition) is 7. The molecule has 4 aromatic rings. The molecule has 1 aliphatic heterocycles. The summed E-state index contributed by atoms with van der Waals surface area (Å²) in [5.41, 5.74) is 3.87. The molecule has 1 N–H and O–H groups in total. The average molecular weight is 476 g/mol. The minimum atomic E-state index is -0.00203. The molecule has 0 bridgehead atoms. The predicted molar refractivity (Wildman–Crippen MR) is 136 cm³/mol. The van der Waals surface area contributed by atoms with Gasteiger partial charge < -0.3 is 19.5 Å². The largest absolute Gasteiger partial charge is 0.495 e. The van der Waals surface area contributed by atoms with Crippen molar-refractivity contribution >= 4 is 22.4 Å². The Morgan fingerprint density at radius 2 is 1.97 bits per heavy atom. The van der Waals surface area contributed by atoms with E-state index in [9.17, 15) is 4.79 Å². The third-order valence-corrected chi connectivity index (χ3v) is 7.36. The van der Waals surface area contributed by atoms with E-state index in [4.69, 9.17) is 4.74 Å². The lowest BCUT2D eigenvalue weighted by molar-refractivity contribution is 0.191. The van der Waals surface area contributed by atoms with Crippen molar-refractivity contribution in [1.82, 2.24) is 24.8 Å². The van der Waals surface area contributed by atoms with Crippen LogP contribution in [0.25, 0.3) is 21.6 Å². The van der Waals surface area contributed by atoms with E-state index < -0.39 is 0 Å². The van der Waals surface area contributed by atoms with Crippen molar-refractivity contribution in [3.05, 3.63) is 76.2 Å². The molecule has 0 aliphatic carbocycles. The Labute approximate surface area is 203 Å². The van der Waals surface area contributed by atoms with Crippen LogP contribution in [-0.2, 0) is 13.1 Å². The van der Waals surface area contributed by atoms with E-state index in [1.165, 1.54) is 10.4 Å². The van der Waals surface area contributed by atoms with Gasteiger partial charge in [-0.2, -0.15) is 0 Å². The van der Waals surface area contributed by atoms with Gasteiger partial charge in [-0.25, -0.2) is 0 Å². The summed E-state index contributed by atoms with van der Waals surface area (Å²) in [5, 5.41) is 5.77. The molecule has 0 atom stereocenters. The highest BCUT2D eigenvalue weighted by atomic mass is 32.1. The van der Waals surface area contributed by atoms with E-state index in [1.54, 1.807) is 36.8 Å². The molecule has 8 heteroatoms. The third kappa shape index (κ3) is 5.19. The molecule has 0 unspecified atom stereocenters. The molecule has 1 saturated heterocycles. The highest BCUT2D eigenvalue weighted by Gasteiger charge is 2.19. The Kier molecular flexibility index (Phi) is 6.99. The van der Waals surface area contributed by atoms with Gasteiger partial charge in [0.1, 0.15) is 5.75 Å². The van der Waals surface area contributed by atoms with E-state index in [-0.39, 0.29) is 5.56 Å². The Bertz CT molecular complexity index is 1280. The number of hydrogen-bond donors (Lipinski definition) is 1. The van der Waals surface area contributed by atoms with Crippen LogP contribution in [0.5, 0.6) is 5.75 Å². The number of nitrogens with one attached hydrogen (secondary N) is 1. The van der Waals surface area contributed by atoms with Crippen LogP contribution in [0.1, 0.15) is 18.4 Å². The Morgan fingerprint density at radius 1 is 1.09 bits per heavy atom. The predicted octanol–water partition coefficient (Wildman–Crippen LogP) is 3.78. The highest BCUT2D eigenvalue weighted by molar-refractivity contribution is 7.13. The summed E-state index contributed by atoms with van der Waals surface area (Å²) in [6.45, 7) is 4.37. The van der Waals surface area contributed by atoms with Crippen LogP contribution in [0.3, 0.4) is 0 Å². The van der Waals surface area contributed by atoms with Gasteiger partial charge in [0.05, 0.1) is 34.9 Å². The maximum atomic E-state index is 12.5. The quantitative estimate of drug-likeness (QED) is 0.418. The molecule has 1 fully saturated rings. The van der Waals surface area contributed by atoms with E-state index in [0.717, 1.165) is 55.7 Å². The summed E-state index contributed by atoms with van der Waals surface area (Å²) < 4.78 is 7.11. The molecule has 5 heterocycles. The molecule has 176 valence electrons. The first-order valence-electron chi connectivity index (χ1n) is 11.7. The molecule has 5 rings (SSSR count). The van der Waals surface area contributed by atoms with Crippen LogP contribution >= 0.6 is 11.3 Å². The average Bonchev–Trinajstić information content (AvgIpc) is 3.43. The van der Waals surface area contributed by atoms with Crippen LogP contribution in [0.15, 0.2) is 65.0 Å². The molecule has 0 saturated carbocycles. The smallest absolute Gasteiger partial charge is 0.251 e. The lowest BCUT2D eigenvalue weighted by Gasteiger charge is -2.32. The maximum absolute atomic E-state index is 12.5. The number of fused-ring (bicyclic) bond motifs is 1. The monoisotopic (exact) mass is 475 g/mol. The number of nitrogens with zero attached hydrogens (tertiary/aromatic N) is 4. The van der Waals surface area contributed by atoms with Crippen molar-refractivity contribution in [2.24, 2.45) is 0 Å². The Hall–Kier alpha value is -3.07. The Morgan fingerprint density at radius 3 is 2.71 bits per heavy atom. The first kappa shape index (κ1) is 22.7. The molecule has 1 aliphatic rings. The van der Waals surface area contributed by atoms with E-state index in [2.05, 4.69) is 49.8 Å². The van der Waals surface area contributed by atoms with Gasteiger partial charge in [0.25, 0.3) is 5.56 Å². The van der Waals surface area contributed by atoms with Crippen molar-refractivity contribution in [1.29, 1.82) is 0 Å². The minimum absolute atomic E-state index is 0.00203. The molecule has 0 aromatic carbocycles. The van der Waals surface area contributed by atoms with Gasteiger partial charge in [-0.1, -0.05) is 12.1 Å². The fourth-order valence-electron chi connectivity index (χ4n) is 4.45. The van der Waals surface area contributed by atoms with Crippen LogP contribution in [0.2, 0.25) is 0 Å². The summed E-state index contributed by atoms with van der Waals surface area (Å²) in [4.78, 5) is 25.2. The number of rotatable bonds is 8. The zero-order chi connectivity index (χ0) is 23.3. The zero-order valence-corrected chi connectivity index (χ0v) is 20.1. The third-order valence-electron chi connectivity index (χ3n) is 6.47. The maximum Gasteiger partial charge on any atom is 0.251 e. The van der Waals surface area contributed by atoms with Crippen molar-refractivity contribution in [2.75, 3.05) is 26.7 Å². The van der Waals surface area contributed by atoms with Crippen molar-refractivity contribution in [3.8, 4) is 16.3 Å². The van der Waals surface area contributed by atoms with Gasteiger partial charge in [-0.15, -0.1) is 11.3 Å². The number of methoxy groups -OCH3 is 1. The van der Waals surface area contributed by atoms with Gasteiger partial charge in [-0.3, -0.25) is 14.8 Å². The highest BCUT2D eigenvalue weighted by Crippen LogP contribution is 2.22. The molecular formula is C26H29N5O2S. The number of ether oxygens (including phenoxy) is 1. The van der Waals surface area contributed by atoms with Gasteiger partial charge in [-0.05, 0) is 55.1 Å². The number of piperidine rings is 1. The van der Waals surface area contributed by atoms with E-state index >= 15 is 0 Å². The van der Waals surface area contributed by atoms with Crippen LogP contribution in [-0.4, -0.2) is 52.2 Å². The first-order valence-corrected chi connectivity index (χ1v) is 12.6. The van der Waals surface area contributed by atoms with E-state index in [0.29, 0.717) is 18.3 Å². The second-order valence-corrected chi connectivity index (χ2v) is 9.58. The van der Waals surface area contributed by atoms with Crippen LogP contribution < -0.4 is 15.6 Å². The summed E-state index contributed by atoms with van der Waals surface area (Å²) in [6, 6.07) is 14.2. The molecule has 34 heavy (non-hydrogen) atoms. The van der Waals surface area contributed by atoms with Crippen molar-refractivity contribution < 1.29 is 4.74 Å². The lowest BCUT2D eigenvalue weighted by Crippen LogP contribution is -2.43. The van der Waals surface area contributed by atoms with Gasteiger partial charge in [0.15, 0.2) is 0 Å². The standard InChI is InChI=1S/C26H29N5O2S/c1-33-21-15-24-22(29-18-21)6-7-26(32)31(24)13-12-30-10-8-20(9-11-30)27-16-19-4-5-23(28-17-19)25-3-2-14-34-25/h2-7,14-15,17-18,20,27H,8-13,16H2,1H3. The minimum Gasteiger partial charge on any atom is -0.495 e. The van der Waals surface area contributed by atoms with Crippen LogP contribution in [0, 0.1) is 0 Å². The molecule has 4 aromatic heterocycles. The first-order chi connectivity index (χ1) is 16.7. The number of aromatic nitrogens is 3. The van der Waals surface area contributed by atoms with E-state index in [1.807, 2.05) is 16.8 Å². The van der Waals surface area contributed by atoms with Gasteiger partial charge in [0, 0.05) is 44.0 Å². The fourth-order valence-corrected chi connectivity index (χ4v) is 5.16. The SMILES string of the molecule is COc1cnc2ccc(=O)n(CCN3CCC(NCc4ccc(-c5cccs5)nc4)CC3)c2c1. The van der Waals surface area contributed by atoms with Crippen molar-refractivity contribution in [2.45, 2.75) is 32.0 Å². The number of likely N-dealkylation sites (tertiary alicyclic amines) is 1. The number of pyridine rings is 3. The molecule has 0 radical (unpaired) electrons.